The molecule has 1 N–H and O–H groups in total. The number of nitrogens with zero attached hydrogens (tertiary/aromatic N) is 1. The fourth-order valence-electron chi connectivity index (χ4n) is 2.29. The predicted molar refractivity (Wildman–Crippen MR) is 84.8 cm³/mol. The highest BCUT2D eigenvalue weighted by Crippen LogP contribution is 2.45. The van der Waals surface area contributed by atoms with E-state index in [4.69, 9.17) is 9.72 Å². The first kappa shape index (κ1) is 14.5. The summed E-state index contributed by atoms with van der Waals surface area (Å²) in [6.45, 7) is 6.18. The summed E-state index contributed by atoms with van der Waals surface area (Å²) in [4.78, 5) is 5.70. The van der Waals surface area contributed by atoms with Gasteiger partial charge in [-0.25, -0.2) is 4.98 Å². The molecule has 1 heterocycles. The maximum absolute atomic E-state index is 10.3. The van der Waals surface area contributed by atoms with Crippen LogP contribution in [0.5, 0.6) is 5.75 Å². The highest BCUT2D eigenvalue weighted by atomic mass is 32.1. The lowest BCUT2D eigenvalue weighted by Crippen LogP contribution is -2.15. The van der Waals surface area contributed by atoms with Crippen LogP contribution >= 0.6 is 11.3 Å². The van der Waals surface area contributed by atoms with Gasteiger partial charge in [-0.05, 0) is 45.7 Å². The summed E-state index contributed by atoms with van der Waals surface area (Å²) in [6, 6.07) is 8.02. The molecule has 0 amide bonds. The molecule has 0 saturated heterocycles. The van der Waals surface area contributed by atoms with Crippen LogP contribution in [-0.2, 0) is 12.2 Å². The zero-order valence-electron chi connectivity index (χ0n) is 12.7. The van der Waals surface area contributed by atoms with E-state index in [0.29, 0.717) is 12.5 Å². The van der Waals surface area contributed by atoms with Gasteiger partial charge in [-0.15, -0.1) is 11.3 Å². The van der Waals surface area contributed by atoms with E-state index < -0.39 is 5.60 Å². The Morgan fingerprint density at radius 3 is 2.52 bits per heavy atom. The van der Waals surface area contributed by atoms with Crippen molar-refractivity contribution >= 4 is 11.3 Å². The van der Waals surface area contributed by atoms with Crippen molar-refractivity contribution in [3.8, 4) is 5.75 Å². The summed E-state index contributed by atoms with van der Waals surface area (Å²) in [5.41, 5.74) is 1.48. The van der Waals surface area contributed by atoms with Gasteiger partial charge in [0.05, 0.1) is 16.2 Å². The molecule has 1 aliphatic rings. The Morgan fingerprint density at radius 1 is 1.29 bits per heavy atom. The van der Waals surface area contributed by atoms with Crippen molar-refractivity contribution in [3.05, 3.63) is 45.4 Å². The van der Waals surface area contributed by atoms with E-state index in [2.05, 4.69) is 6.92 Å². The third-order valence-corrected chi connectivity index (χ3v) is 4.96. The van der Waals surface area contributed by atoms with Crippen LogP contribution in [0.15, 0.2) is 24.3 Å². The molecule has 1 aromatic heterocycles. The van der Waals surface area contributed by atoms with Gasteiger partial charge in [0.2, 0.25) is 0 Å². The highest BCUT2D eigenvalue weighted by Gasteiger charge is 2.34. The molecule has 1 saturated carbocycles. The number of benzene rings is 1. The van der Waals surface area contributed by atoms with Crippen LogP contribution in [-0.4, -0.2) is 10.1 Å². The average molecular weight is 303 g/mol. The van der Waals surface area contributed by atoms with Crippen molar-refractivity contribution in [1.82, 2.24) is 4.98 Å². The molecular weight excluding hydrogens is 282 g/mol. The number of hydrogen-bond acceptors (Lipinski definition) is 4. The van der Waals surface area contributed by atoms with Crippen LogP contribution in [0.25, 0.3) is 0 Å². The van der Waals surface area contributed by atoms with Crippen molar-refractivity contribution in [2.45, 2.75) is 51.7 Å². The lowest BCUT2D eigenvalue weighted by molar-refractivity contribution is 0.0813. The topological polar surface area (TPSA) is 42.4 Å². The summed E-state index contributed by atoms with van der Waals surface area (Å²) in [5, 5.41) is 11.2. The normalized spacial score (nSPS) is 15.2. The van der Waals surface area contributed by atoms with Crippen LogP contribution in [0.3, 0.4) is 0 Å². The zero-order valence-corrected chi connectivity index (χ0v) is 13.5. The van der Waals surface area contributed by atoms with Gasteiger partial charge in [0, 0.05) is 5.92 Å². The summed E-state index contributed by atoms with van der Waals surface area (Å²) < 4.78 is 5.79. The summed E-state index contributed by atoms with van der Waals surface area (Å²) in [6.07, 6.45) is 2.37. The number of aromatic nitrogens is 1. The molecular formula is C17H21NO2S. The highest BCUT2D eigenvalue weighted by molar-refractivity contribution is 7.11. The van der Waals surface area contributed by atoms with Gasteiger partial charge >= 0.3 is 0 Å². The van der Waals surface area contributed by atoms with E-state index >= 15 is 0 Å². The van der Waals surface area contributed by atoms with Crippen molar-refractivity contribution in [3.63, 3.8) is 0 Å². The second kappa shape index (κ2) is 5.43. The molecule has 0 atom stereocenters. The van der Waals surface area contributed by atoms with Gasteiger partial charge in [-0.3, -0.25) is 0 Å². The number of ether oxygens (including phenoxy) is 1. The monoisotopic (exact) mass is 303 g/mol. The van der Waals surface area contributed by atoms with Crippen LogP contribution in [0.2, 0.25) is 0 Å². The fraction of sp³-hybridized carbons (Fsp3) is 0.471. The van der Waals surface area contributed by atoms with Gasteiger partial charge in [0.25, 0.3) is 0 Å². The minimum absolute atomic E-state index is 0.462. The first-order valence-electron chi connectivity index (χ1n) is 7.35. The van der Waals surface area contributed by atoms with Gasteiger partial charge in [-0.2, -0.15) is 0 Å². The van der Waals surface area contributed by atoms with Crippen LogP contribution in [0, 0.1) is 6.92 Å². The number of thiazole rings is 1. The number of rotatable bonds is 5. The maximum atomic E-state index is 10.3. The second-order valence-corrected chi connectivity index (χ2v) is 7.34. The van der Waals surface area contributed by atoms with E-state index in [-0.39, 0.29) is 0 Å². The molecule has 3 nitrogen and oxygen atoms in total. The first-order valence-corrected chi connectivity index (χ1v) is 8.17. The van der Waals surface area contributed by atoms with Crippen LogP contribution < -0.4 is 4.74 Å². The van der Waals surface area contributed by atoms with E-state index in [0.717, 1.165) is 21.3 Å². The summed E-state index contributed by atoms with van der Waals surface area (Å²) in [7, 11) is 0. The molecule has 21 heavy (non-hydrogen) atoms. The minimum atomic E-state index is -0.822. The van der Waals surface area contributed by atoms with E-state index in [1.807, 2.05) is 38.1 Å². The van der Waals surface area contributed by atoms with Crippen molar-refractivity contribution in [2.75, 3.05) is 0 Å². The molecule has 3 rings (SSSR count). The average Bonchev–Trinajstić information content (AvgIpc) is 3.17. The largest absolute Gasteiger partial charge is 0.486 e. The molecule has 0 aliphatic heterocycles. The molecule has 0 radical (unpaired) electrons. The standard InChI is InChI=1S/C17H21NO2S/c1-11-4-8-13(9-5-11)20-10-14-18-15(12-6-7-12)16(21-14)17(2,3)19/h4-5,8-9,12,19H,6-7,10H2,1-3H3. The van der Waals surface area contributed by atoms with Gasteiger partial charge in [0.1, 0.15) is 17.4 Å². The van der Waals surface area contributed by atoms with Crippen LogP contribution in [0.4, 0.5) is 0 Å². The fourth-order valence-corrected chi connectivity index (χ4v) is 3.36. The summed E-state index contributed by atoms with van der Waals surface area (Å²) in [5.74, 6) is 1.39. The SMILES string of the molecule is Cc1ccc(OCc2nc(C3CC3)c(C(C)(C)O)s2)cc1. The number of hydrogen-bond donors (Lipinski definition) is 1. The van der Waals surface area contributed by atoms with Crippen molar-refractivity contribution < 1.29 is 9.84 Å². The Kier molecular flexibility index (Phi) is 3.76. The van der Waals surface area contributed by atoms with Crippen molar-refractivity contribution in [2.24, 2.45) is 0 Å². The van der Waals surface area contributed by atoms with E-state index in [1.165, 1.54) is 18.4 Å². The maximum Gasteiger partial charge on any atom is 0.140 e. The first-order chi connectivity index (χ1) is 9.93. The van der Waals surface area contributed by atoms with E-state index in [1.54, 1.807) is 11.3 Å². The van der Waals surface area contributed by atoms with Gasteiger partial charge < -0.3 is 9.84 Å². The molecule has 2 aromatic rings. The third-order valence-electron chi connectivity index (χ3n) is 3.60. The smallest absolute Gasteiger partial charge is 0.140 e. The molecule has 4 heteroatoms. The molecule has 0 unspecified atom stereocenters. The van der Waals surface area contributed by atoms with E-state index in [9.17, 15) is 5.11 Å². The van der Waals surface area contributed by atoms with Crippen LogP contribution in [0.1, 0.15) is 53.7 Å². The predicted octanol–water partition coefficient (Wildman–Crippen LogP) is 4.14. The Balaban J connectivity index is 1.75. The Bertz CT molecular complexity index is 621. The van der Waals surface area contributed by atoms with Gasteiger partial charge in [0.15, 0.2) is 0 Å². The number of aliphatic hydroxyl groups is 1. The Labute approximate surface area is 129 Å². The third kappa shape index (κ3) is 3.44. The van der Waals surface area contributed by atoms with Gasteiger partial charge in [-0.1, -0.05) is 17.7 Å². The minimum Gasteiger partial charge on any atom is -0.486 e. The quantitative estimate of drug-likeness (QED) is 0.903. The number of aryl methyl sites for hydroxylation is 1. The molecule has 1 aliphatic carbocycles. The molecule has 112 valence electrons. The lowest BCUT2D eigenvalue weighted by atomic mass is 10.0. The Morgan fingerprint density at radius 2 is 1.95 bits per heavy atom. The second-order valence-electron chi connectivity index (χ2n) is 6.26. The molecule has 0 bridgehead atoms. The van der Waals surface area contributed by atoms with Crippen molar-refractivity contribution in [1.29, 1.82) is 0 Å². The molecule has 0 spiro atoms. The zero-order chi connectivity index (χ0) is 15.0. The molecule has 1 fully saturated rings. The summed E-state index contributed by atoms with van der Waals surface area (Å²) >= 11 is 1.57. The Hall–Kier alpha value is -1.39. The molecule has 1 aromatic carbocycles. The lowest BCUT2D eigenvalue weighted by Gasteiger charge is -2.16.